The minimum Gasteiger partial charge on any atom is -0.383 e. The molecule has 0 bridgehead atoms. The Hall–Kier alpha value is -0.830. The molecule has 1 aliphatic heterocycles. The second-order valence-electron chi connectivity index (χ2n) is 2.13. The summed E-state index contributed by atoms with van der Waals surface area (Å²) < 4.78 is 0. The number of aliphatic hydroxyl groups is 1. The molecule has 0 fully saturated rings. The molecule has 2 N–H and O–H groups in total. The molecule has 3 heteroatoms. The van der Waals surface area contributed by atoms with Gasteiger partial charge in [0.2, 0.25) is 0 Å². The van der Waals surface area contributed by atoms with Gasteiger partial charge in [0.1, 0.15) is 6.10 Å². The van der Waals surface area contributed by atoms with Gasteiger partial charge in [-0.1, -0.05) is 6.08 Å². The van der Waals surface area contributed by atoms with Crippen molar-refractivity contribution < 1.29 is 9.90 Å². The van der Waals surface area contributed by atoms with Crippen LogP contribution in [0.3, 0.4) is 0 Å². The number of hydrogen-bond donors (Lipinski definition) is 2. The van der Waals surface area contributed by atoms with E-state index >= 15 is 0 Å². The van der Waals surface area contributed by atoms with Crippen LogP contribution < -0.4 is 5.32 Å². The van der Waals surface area contributed by atoms with Crippen LogP contribution in [0.1, 0.15) is 13.3 Å². The van der Waals surface area contributed by atoms with E-state index in [0.717, 1.165) is 5.70 Å². The van der Waals surface area contributed by atoms with Crippen LogP contribution in [-0.4, -0.2) is 17.1 Å². The third-order valence-corrected chi connectivity index (χ3v) is 1.27. The summed E-state index contributed by atoms with van der Waals surface area (Å²) in [6.07, 6.45) is 1.40. The van der Waals surface area contributed by atoms with Crippen molar-refractivity contribution in [3.8, 4) is 0 Å². The smallest absolute Gasteiger partial charge is 0.253 e. The number of hydrogen-bond acceptors (Lipinski definition) is 2. The topological polar surface area (TPSA) is 49.3 Å². The predicted octanol–water partition coefficient (Wildman–Crippen LogP) is -0.229. The number of carbonyl (C=O) groups is 1. The lowest BCUT2D eigenvalue weighted by Crippen LogP contribution is -2.36. The van der Waals surface area contributed by atoms with Crippen LogP contribution in [0.5, 0.6) is 0 Å². The molecule has 50 valence electrons. The Bertz CT molecular complexity index is 162. The van der Waals surface area contributed by atoms with E-state index in [0.29, 0.717) is 6.42 Å². The molecule has 1 aliphatic rings. The minimum atomic E-state index is -0.839. The molecular weight excluding hydrogens is 118 g/mol. The molecule has 0 spiro atoms. The van der Waals surface area contributed by atoms with Gasteiger partial charge in [-0.15, -0.1) is 0 Å². The minimum absolute atomic E-state index is 0.296. The molecule has 0 radical (unpaired) electrons. The molecule has 1 atom stereocenters. The molecule has 1 unspecified atom stereocenters. The average molecular weight is 127 g/mol. The number of carbonyl (C=O) groups excluding carboxylic acids is 1. The third kappa shape index (κ3) is 1.29. The first-order valence-electron chi connectivity index (χ1n) is 2.86. The highest BCUT2D eigenvalue weighted by molar-refractivity contribution is 5.83. The lowest BCUT2D eigenvalue weighted by molar-refractivity contribution is -0.128. The Morgan fingerprint density at radius 3 is 3.00 bits per heavy atom. The van der Waals surface area contributed by atoms with E-state index in [4.69, 9.17) is 5.11 Å². The monoisotopic (exact) mass is 127 g/mol. The van der Waals surface area contributed by atoms with Crippen molar-refractivity contribution in [2.24, 2.45) is 0 Å². The van der Waals surface area contributed by atoms with E-state index in [1.807, 2.05) is 0 Å². The predicted molar refractivity (Wildman–Crippen MR) is 32.5 cm³/mol. The van der Waals surface area contributed by atoms with E-state index < -0.39 is 6.10 Å². The van der Waals surface area contributed by atoms with E-state index in [-0.39, 0.29) is 5.91 Å². The molecule has 0 aromatic rings. The van der Waals surface area contributed by atoms with Gasteiger partial charge >= 0.3 is 0 Å². The first-order valence-corrected chi connectivity index (χ1v) is 2.86. The third-order valence-electron chi connectivity index (χ3n) is 1.27. The second-order valence-corrected chi connectivity index (χ2v) is 2.13. The zero-order valence-corrected chi connectivity index (χ0v) is 5.22. The van der Waals surface area contributed by atoms with Crippen molar-refractivity contribution in [1.29, 1.82) is 0 Å². The normalized spacial score (nSPS) is 27.1. The van der Waals surface area contributed by atoms with Gasteiger partial charge in [0.05, 0.1) is 0 Å². The maximum atomic E-state index is 10.6. The summed E-state index contributed by atoms with van der Waals surface area (Å²) in [5, 5.41) is 11.3. The molecule has 0 aliphatic carbocycles. The Morgan fingerprint density at radius 2 is 2.56 bits per heavy atom. The molecule has 0 saturated heterocycles. The fourth-order valence-corrected chi connectivity index (χ4v) is 0.724. The van der Waals surface area contributed by atoms with Crippen molar-refractivity contribution in [2.75, 3.05) is 0 Å². The lowest BCUT2D eigenvalue weighted by atomic mass is 10.1. The van der Waals surface area contributed by atoms with Crippen LogP contribution in [-0.2, 0) is 4.79 Å². The van der Waals surface area contributed by atoms with Crippen molar-refractivity contribution in [3.05, 3.63) is 11.8 Å². The fraction of sp³-hybridized carbons (Fsp3) is 0.500. The van der Waals surface area contributed by atoms with E-state index in [1.165, 1.54) is 0 Å². The van der Waals surface area contributed by atoms with Crippen LogP contribution in [0, 0.1) is 0 Å². The van der Waals surface area contributed by atoms with Gasteiger partial charge in [-0.3, -0.25) is 4.79 Å². The number of amides is 1. The van der Waals surface area contributed by atoms with Crippen molar-refractivity contribution in [1.82, 2.24) is 5.32 Å². The van der Waals surface area contributed by atoms with E-state index in [1.54, 1.807) is 13.0 Å². The Balaban J connectivity index is 2.65. The Morgan fingerprint density at radius 1 is 1.89 bits per heavy atom. The van der Waals surface area contributed by atoms with Crippen LogP contribution in [0.4, 0.5) is 0 Å². The van der Waals surface area contributed by atoms with Crippen LogP contribution >= 0.6 is 0 Å². The van der Waals surface area contributed by atoms with Crippen LogP contribution in [0.2, 0.25) is 0 Å². The molecule has 0 saturated carbocycles. The summed E-state index contributed by atoms with van der Waals surface area (Å²) in [5.74, 6) is -0.296. The zero-order valence-electron chi connectivity index (χ0n) is 5.22. The quantitative estimate of drug-likeness (QED) is 0.472. The van der Waals surface area contributed by atoms with Gasteiger partial charge < -0.3 is 10.4 Å². The SMILES string of the molecule is CC1=CCC(O)C(=O)N1. The maximum Gasteiger partial charge on any atom is 0.253 e. The lowest BCUT2D eigenvalue weighted by Gasteiger charge is -2.14. The van der Waals surface area contributed by atoms with Gasteiger partial charge in [-0.2, -0.15) is 0 Å². The van der Waals surface area contributed by atoms with E-state index in [2.05, 4.69) is 5.32 Å². The second kappa shape index (κ2) is 2.19. The summed E-state index contributed by atoms with van der Waals surface area (Å²) in [5.41, 5.74) is 0.824. The summed E-state index contributed by atoms with van der Waals surface area (Å²) in [4.78, 5) is 10.6. The molecular formula is C6H9NO2. The summed E-state index contributed by atoms with van der Waals surface area (Å²) in [6.45, 7) is 1.80. The standard InChI is InChI=1S/C6H9NO2/c1-4-2-3-5(8)6(9)7-4/h2,5,8H,3H2,1H3,(H,7,9). The Kier molecular flexibility index (Phi) is 1.53. The highest BCUT2D eigenvalue weighted by Crippen LogP contribution is 2.03. The molecule has 1 rings (SSSR count). The zero-order chi connectivity index (χ0) is 6.85. The molecule has 1 heterocycles. The van der Waals surface area contributed by atoms with Gasteiger partial charge in [0, 0.05) is 12.1 Å². The maximum absolute atomic E-state index is 10.6. The largest absolute Gasteiger partial charge is 0.383 e. The van der Waals surface area contributed by atoms with Crippen molar-refractivity contribution in [2.45, 2.75) is 19.4 Å². The number of rotatable bonds is 0. The molecule has 1 amide bonds. The first kappa shape index (κ1) is 6.29. The van der Waals surface area contributed by atoms with Crippen molar-refractivity contribution >= 4 is 5.91 Å². The van der Waals surface area contributed by atoms with Gasteiger partial charge in [-0.05, 0) is 6.92 Å². The number of nitrogens with one attached hydrogen (secondary N) is 1. The fourth-order valence-electron chi connectivity index (χ4n) is 0.724. The highest BCUT2D eigenvalue weighted by atomic mass is 16.3. The Labute approximate surface area is 53.4 Å². The first-order chi connectivity index (χ1) is 4.20. The molecule has 3 nitrogen and oxygen atoms in total. The number of allylic oxidation sites excluding steroid dienone is 1. The molecule has 9 heavy (non-hydrogen) atoms. The molecule has 0 aromatic heterocycles. The molecule has 0 aromatic carbocycles. The highest BCUT2D eigenvalue weighted by Gasteiger charge is 2.17. The van der Waals surface area contributed by atoms with Crippen molar-refractivity contribution in [3.63, 3.8) is 0 Å². The average Bonchev–Trinajstić information content (AvgIpc) is 1.80. The van der Waals surface area contributed by atoms with Gasteiger partial charge in [0.15, 0.2) is 0 Å². The van der Waals surface area contributed by atoms with Gasteiger partial charge in [0.25, 0.3) is 5.91 Å². The van der Waals surface area contributed by atoms with Gasteiger partial charge in [-0.25, -0.2) is 0 Å². The number of aliphatic hydroxyl groups excluding tert-OH is 1. The summed E-state index contributed by atoms with van der Waals surface area (Å²) in [6, 6.07) is 0. The summed E-state index contributed by atoms with van der Waals surface area (Å²) in [7, 11) is 0. The van der Waals surface area contributed by atoms with E-state index in [9.17, 15) is 4.79 Å². The summed E-state index contributed by atoms with van der Waals surface area (Å²) >= 11 is 0. The van der Waals surface area contributed by atoms with Crippen LogP contribution in [0.15, 0.2) is 11.8 Å². The van der Waals surface area contributed by atoms with Crippen LogP contribution in [0.25, 0.3) is 0 Å².